The maximum Gasteiger partial charge on any atom is 0.364 e. The Bertz CT molecular complexity index is 762. The van der Waals surface area contributed by atoms with Gasteiger partial charge in [-0.3, -0.25) is 20.2 Å². The van der Waals surface area contributed by atoms with Crippen LogP contribution in [0.5, 0.6) is 11.8 Å². The fraction of sp³-hybridized carbons (Fsp3) is 0. The van der Waals surface area contributed by atoms with Crippen molar-refractivity contribution >= 4 is 17.3 Å². The first kappa shape index (κ1) is 14.8. The zero-order valence-electron chi connectivity index (χ0n) is 10.6. The second-order valence-corrected chi connectivity index (χ2v) is 3.94. The van der Waals surface area contributed by atoms with E-state index < -0.39 is 39.0 Å². The first-order valence-electron chi connectivity index (χ1n) is 5.56. The van der Waals surface area contributed by atoms with E-state index in [2.05, 4.69) is 4.84 Å². The predicted octanol–water partition coefficient (Wildman–Crippen LogP) is 0.985. The Balaban J connectivity index is 2.37. The van der Waals surface area contributed by atoms with Crippen molar-refractivity contribution in [3.05, 3.63) is 56.1 Å². The van der Waals surface area contributed by atoms with Gasteiger partial charge >= 0.3 is 17.3 Å². The molecule has 0 aliphatic heterocycles. The highest BCUT2D eigenvalue weighted by Crippen LogP contribution is 2.28. The summed E-state index contributed by atoms with van der Waals surface area (Å²) in [5.41, 5.74) is -2.04. The number of aromatic hydroxyl groups is 2. The lowest BCUT2D eigenvalue weighted by molar-refractivity contribution is -0.422. The van der Waals surface area contributed by atoms with Crippen LogP contribution >= 0.6 is 0 Å². The van der Waals surface area contributed by atoms with Crippen LogP contribution in [-0.4, -0.2) is 30.8 Å². The van der Waals surface area contributed by atoms with Gasteiger partial charge in [-0.15, -0.1) is 4.73 Å². The van der Waals surface area contributed by atoms with Crippen LogP contribution in [0.4, 0.5) is 11.4 Å². The van der Waals surface area contributed by atoms with Crippen LogP contribution in [0.2, 0.25) is 0 Å². The topological polar surface area (TPSA) is 158 Å². The number of nitro benzene ring substituents is 2. The van der Waals surface area contributed by atoms with Crippen LogP contribution in [0.1, 0.15) is 10.4 Å². The summed E-state index contributed by atoms with van der Waals surface area (Å²) < 4.78 is 0.385. The second kappa shape index (κ2) is 5.40. The number of hydrogen-bond donors (Lipinski definition) is 2. The van der Waals surface area contributed by atoms with Gasteiger partial charge in [0.2, 0.25) is 11.8 Å². The number of aromatic nitrogens is 1. The number of carbonyl (C=O) groups excluding carboxylic acids is 1. The van der Waals surface area contributed by atoms with Gasteiger partial charge in [-0.25, -0.2) is 4.79 Å². The first-order chi connectivity index (χ1) is 10.3. The van der Waals surface area contributed by atoms with Gasteiger partial charge in [0.25, 0.3) is 0 Å². The molecule has 2 rings (SSSR count). The maximum absolute atomic E-state index is 11.8. The van der Waals surface area contributed by atoms with Gasteiger partial charge in [0.05, 0.1) is 15.4 Å². The molecule has 22 heavy (non-hydrogen) atoms. The molecule has 0 radical (unpaired) electrons. The summed E-state index contributed by atoms with van der Waals surface area (Å²) in [6, 6.07) is 4.48. The van der Waals surface area contributed by atoms with Gasteiger partial charge in [-0.1, -0.05) is 0 Å². The van der Waals surface area contributed by atoms with Gasteiger partial charge in [0.15, 0.2) is 0 Å². The number of nitro groups is 2. The van der Waals surface area contributed by atoms with Gasteiger partial charge in [-0.05, 0) is 6.07 Å². The molecule has 1 aromatic carbocycles. The highest BCUT2D eigenvalue weighted by atomic mass is 16.7. The summed E-state index contributed by atoms with van der Waals surface area (Å²) >= 11 is 0. The minimum Gasteiger partial charge on any atom is -0.492 e. The molecule has 0 fully saturated rings. The average Bonchev–Trinajstić information content (AvgIpc) is 2.78. The Morgan fingerprint density at radius 1 is 1.00 bits per heavy atom. The van der Waals surface area contributed by atoms with Crippen LogP contribution in [0.15, 0.2) is 30.3 Å². The number of carbonyl (C=O) groups is 1. The molecular weight excluding hydrogens is 302 g/mol. The smallest absolute Gasteiger partial charge is 0.364 e. The predicted molar refractivity (Wildman–Crippen MR) is 68.4 cm³/mol. The zero-order chi connectivity index (χ0) is 16.4. The summed E-state index contributed by atoms with van der Waals surface area (Å²) in [4.78, 5) is 35.9. The molecule has 114 valence electrons. The molecule has 1 aromatic heterocycles. The standard InChI is InChI=1S/C11H7N3O8/c15-9-3-4-10(16)12(9)22-11(17)6-1-2-7(13(18)19)8(5-6)14(20)21/h1-5,15-16H. The van der Waals surface area contributed by atoms with Crippen molar-refractivity contribution in [1.29, 1.82) is 0 Å². The highest BCUT2D eigenvalue weighted by molar-refractivity contribution is 5.91. The second-order valence-electron chi connectivity index (χ2n) is 3.94. The third kappa shape index (κ3) is 2.63. The molecule has 2 aromatic rings. The summed E-state index contributed by atoms with van der Waals surface area (Å²) in [5, 5.41) is 40.1. The number of nitrogens with zero attached hydrogens (tertiary/aromatic N) is 3. The third-order valence-corrected chi connectivity index (χ3v) is 2.58. The van der Waals surface area contributed by atoms with Crippen molar-refractivity contribution in [2.75, 3.05) is 0 Å². The lowest BCUT2D eigenvalue weighted by Crippen LogP contribution is -2.19. The van der Waals surface area contributed by atoms with E-state index in [4.69, 9.17) is 0 Å². The minimum atomic E-state index is -1.17. The summed E-state index contributed by atoms with van der Waals surface area (Å²) in [6.45, 7) is 0. The first-order valence-corrected chi connectivity index (χ1v) is 5.56. The molecule has 0 aliphatic carbocycles. The average molecular weight is 309 g/mol. The molecule has 0 atom stereocenters. The normalized spacial score (nSPS) is 10.2. The van der Waals surface area contributed by atoms with Crippen LogP contribution in [0.3, 0.4) is 0 Å². The molecule has 0 saturated heterocycles. The van der Waals surface area contributed by atoms with Crippen LogP contribution < -0.4 is 4.84 Å². The van der Waals surface area contributed by atoms with E-state index in [0.29, 0.717) is 10.8 Å². The number of hydrogen-bond acceptors (Lipinski definition) is 8. The van der Waals surface area contributed by atoms with Gasteiger partial charge in [-0.2, -0.15) is 0 Å². The van der Waals surface area contributed by atoms with E-state index in [-0.39, 0.29) is 5.56 Å². The fourth-order valence-corrected chi connectivity index (χ4v) is 1.58. The van der Waals surface area contributed by atoms with Crippen LogP contribution in [0.25, 0.3) is 0 Å². The van der Waals surface area contributed by atoms with Crippen molar-refractivity contribution < 1.29 is 29.7 Å². The molecule has 0 unspecified atom stereocenters. The molecule has 2 N–H and O–H groups in total. The molecule has 0 amide bonds. The largest absolute Gasteiger partial charge is 0.492 e. The highest BCUT2D eigenvalue weighted by Gasteiger charge is 2.26. The van der Waals surface area contributed by atoms with E-state index in [1.165, 1.54) is 0 Å². The van der Waals surface area contributed by atoms with E-state index in [0.717, 1.165) is 24.3 Å². The summed E-state index contributed by atoms with van der Waals surface area (Å²) in [5.74, 6) is -2.33. The molecule has 11 nitrogen and oxygen atoms in total. The number of benzene rings is 1. The lowest BCUT2D eigenvalue weighted by Gasteiger charge is -2.06. The van der Waals surface area contributed by atoms with Crippen LogP contribution in [0, 0.1) is 20.2 Å². The van der Waals surface area contributed by atoms with Crippen molar-refractivity contribution in [2.45, 2.75) is 0 Å². The zero-order valence-corrected chi connectivity index (χ0v) is 10.6. The molecule has 0 aliphatic rings. The quantitative estimate of drug-likeness (QED) is 0.624. The minimum absolute atomic E-state index is 0.371. The van der Waals surface area contributed by atoms with E-state index in [1.807, 2.05) is 0 Å². The number of rotatable bonds is 4. The summed E-state index contributed by atoms with van der Waals surface area (Å²) in [6.07, 6.45) is 0. The van der Waals surface area contributed by atoms with Crippen molar-refractivity contribution in [3.63, 3.8) is 0 Å². The van der Waals surface area contributed by atoms with E-state index >= 15 is 0 Å². The molecule has 0 bridgehead atoms. The van der Waals surface area contributed by atoms with E-state index in [1.54, 1.807) is 0 Å². The molecule has 0 saturated carbocycles. The molecular formula is C11H7N3O8. The maximum atomic E-state index is 11.8. The van der Waals surface area contributed by atoms with Crippen molar-refractivity contribution in [3.8, 4) is 11.8 Å². The Morgan fingerprint density at radius 2 is 1.55 bits per heavy atom. The molecule has 1 heterocycles. The van der Waals surface area contributed by atoms with Crippen molar-refractivity contribution in [2.24, 2.45) is 0 Å². The molecule has 11 heteroatoms. The van der Waals surface area contributed by atoms with Gasteiger partial charge in [0.1, 0.15) is 0 Å². The SMILES string of the molecule is O=C(On1c(O)ccc1O)c1ccc([N+](=O)[O-])c([N+](=O)[O-])c1. The van der Waals surface area contributed by atoms with Gasteiger partial charge in [0, 0.05) is 24.3 Å². The Morgan fingerprint density at radius 3 is 2.05 bits per heavy atom. The lowest BCUT2D eigenvalue weighted by atomic mass is 10.2. The van der Waals surface area contributed by atoms with Crippen LogP contribution in [-0.2, 0) is 0 Å². The summed E-state index contributed by atoms with van der Waals surface area (Å²) in [7, 11) is 0. The monoisotopic (exact) mass is 309 g/mol. The molecule has 0 spiro atoms. The Labute approximate surface area is 120 Å². The van der Waals surface area contributed by atoms with E-state index in [9.17, 15) is 35.2 Å². The third-order valence-electron chi connectivity index (χ3n) is 2.58. The van der Waals surface area contributed by atoms with Gasteiger partial charge < -0.3 is 15.1 Å². The Hall–Kier alpha value is -3.63. The fourth-order valence-electron chi connectivity index (χ4n) is 1.58. The van der Waals surface area contributed by atoms with Crippen molar-refractivity contribution in [1.82, 2.24) is 4.73 Å². The Kier molecular flexibility index (Phi) is 3.62.